The van der Waals surface area contributed by atoms with E-state index in [1.54, 1.807) is 41.3 Å². The van der Waals surface area contributed by atoms with E-state index in [-0.39, 0.29) is 40.4 Å². The molecular weight excluding hydrogens is 514 g/mol. The molecule has 12 nitrogen and oxygen atoms in total. The molecule has 0 bridgehead atoms. The quantitative estimate of drug-likeness (QED) is 0.274. The Balaban J connectivity index is 1.62. The number of methoxy groups -OCH3 is 3. The van der Waals surface area contributed by atoms with Gasteiger partial charge in [0.1, 0.15) is 17.2 Å². The van der Waals surface area contributed by atoms with Crippen LogP contribution in [-0.4, -0.2) is 50.6 Å². The number of nitrogens with zero attached hydrogens (tertiary/aromatic N) is 3. The normalized spacial score (nSPS) is 11.0. The van der Waals surface area contributed by atoms with Crippen molar-refractivity contribution >= 4 is 21.7 Å². The van der Waals surface area contributed by atoms with Crippen molar-refractivity contribution in [2.45, 2.75) is 11.4 Å². The first-order chi connectivity index (χ1) is 18.3. The third-order valence-electron chi connectivity index (χ3n) is 5.40. The molecule has 0 atom stereocenters. The van der Waals surface area contributed by atoms with Gasteiger partial charge >= 0.3 is 0 Å². The minimum Gasteiger partial charge on any atom is -0.496 e. The summed E-state index contributed by atoms with van der Waals surface area (Å²) >= 11 is 0. The predicted octanol–water partition coefficient (Wildman–Crippen LogP) is 3.16. The fourth-order valence-electron chi connectivity index (χ4n) is 3.61. The number of hydrogen-bond donors (Lipinski definition) is 2. The van der Waals surface area contributed by atoms with E-state index in [2.05, 4.69) is 26.9 Å². The minimum absolute atomic E-state index is 0.0558. The summed E-state index contributed by atoms with van der Waals surface area (Å²) < 4.78 is 51.7. The number of hydrogen-bond acceptors (Lipinski definition) is 9. The zero-order chi connectivity index (χ0) is 27.3. The van der Waals surface area contributed by atoms with Crippen LogP contribution in [-0.2, 0) is 21.4 Å². The lowest BCUT2D eigenvalue weighted by atomic mass is 10.1. The maximum absolute atomic E-state index is 13.2. The minimum atomic E-state index is -4.15. The van der Waals surface area contributed by atoms with Gasteiger partial charge in [-0.2, -0.15) is 5.10 Å². The maximum atomic E-state index is 13.2. The summed E-state index contributed by atoms with van der Waals surface area (Å²) in [4.78, 5) is 11.3. The van der Waals surface area contributed by atoms with Gasteiger partial charge in [-0.3, -0.25) is 9.52 Å². The number of nitrogens with one attached hydrogen (secondary N) is 2. The molecule has 0 aliphatic carbocycles. The smallest absolute Gasteiger partial charge is 0.270 e. The van der Waals surface area contributed by atoms with Crippen LogP contribution in [0.3, 0.4) is 0 Å². The summed E-state index contributed by atoms with van der Waals surface area (Å²) in [6, 6.07) is 11.3. The van der Waals surface area contributed by atoms with E-state index in [0.29, 0.717) is 17.0 Å². The number of ether oxygens (including phenoxy) is 3. The molecule has 0 radical (unpaired) electrons. The Hall–Kier alpha value is -4.78. The molecule has 2 heterocycles. The average molecular weight is 540 g/mol. The summed E-state index contributed by atoms with van der Waals surface area (Å²) in [5.74, 6) is 0.593. The van der Waals surface area contributed by atoms with Crippen molar-refractivity contribution in [3.8, 4) is 34.3 Å². The molecule has 1 amide bonds. The van der Waals surface area contributed by atoms with Crippen molar-refractivity contribution in [2.24, 2.45) is 0 Å². The molecule has 0 spiro atoms. The van der Waals surface area contributed by atoms with Crippen LogP contribution in [0.2, 0.25) is 0 Å². The molecule has 0 fully saturated rings. The van der Waals surface area contributed by atoms with Crippen LogP contribution >= 0.6 is 0 Å². The van der Waals surface area contributed by atoms with Crippen LogP contribution < -0.4 is 24.2 Å². The SMILES string of the molecule is C=CC(=O)NCc1cnn(-c2ccc(OC)c(-c3cc(NS(=O)(=O)c4c(OC)cccc4OC)no3)c2)c1. The zero-order valence-electron chi connectivity index (χ0n) is 20.8. The number of benzene rings is 2. The van der Waals surface area contributed by atoms with Gasteiger partial charge < -0.3 is 24.1 Å². The van der Waals surface area contributed by atoms with E-state index in [4.69, 9.17) is 18.7 Å². The van der Waals surface area contributed by atoms with Gasteiger partial charge in [-0.1, -0.05) is 17.8 Å². The number of carbonyl (C=O) groups is 1. The van der Waals surface area contributed by atoms with Gasteiger partial charge in [0.15, 0.2) is 16.5 Å². The van der Waals surface area contributed by atoms with Crippen molar-refractivity contribution in [3.05, 3.63) is 73.1 Å². The molecule has 0 aliphatic heterocycles. The Kier molecular flexibility index (Phi) is 7.67. The third kappa shape index (κ3) is 5.47. The second-order valence-corrected chi connectivity index (χ2v) is 9.39. The summed E-state index contributed by atoms with van der Waals surface area (Å²) in [6.07, 6.45) is 4.58. The van der Waals surface area contributed by atoms with Crippen LogP contribution in [0.5, 0.6) is 17.2 Å². The summed E-state index contributed by atoms with van der Waals surface area (Å²) in [5, 5.41) is 10.9. The van der Waals surface area contributed by atoms with E-state index >= 15 is 0 Å². The molecular formula is C25H25N5O7S. The number of sulfonamides is 1. The Labute approximate surface area is 218 Å². The second kappa shape index (κ2) is 11.1. The second-order valence-electron chi connectivity index (χ2n) is 7.77. The highest BCUT2D eigenvalue weighted by molar-refractivity contribution is 7.93. The maximum Gasteiger partial charge on any atom is 0.270 e. The van der Waals surface area contributed by atoms with Gasteiger partial charge in [0.25, 0.3) is 10.0 Å². The van der Waals surface area contributed by atoms with Gasteiger partial charge in [0.2, 0.25) is 5.91 Å². The highest BCUT2D eigenvalue weighted by Gasteiger charge is 2.26. The van der Waals surface area contributed by atoms with Crippen molar-refractivity contribution in [3.63, 3.8) is 0 Å². The van der Waals surface area contributed by atoms with Crippen molar-refractivity contribution in [1.82, 2.24) is 20.3 Å². The molecule has 198 valence electrons. The Morgan fingerprint density at radius 2 is 1.79 bits per heavy atom. The highest BCUT2D eigenvalue weighted by atomic mass is 32.2. The van der Waals surface area contributed by atoms with Crippen molar-refractivity contribution < 1.29 is 31.9 Å². The number of aromatic nitrogens is 3. The van der Waals surface area contributed by atoms with Crippen LogP contribution in [0.4, 0.5) is 5.82 Å². The molecule has 38 heavy (non-hydrogen) atoms. The lowest BCUT2D eigenvalue weighted by molar-refractivity contribution is -0.116. The van der Waals surface area contributed by atoms with Gasteiger partial charge in [0.05, 0.1) is 38.8 Å². The molecule has 0 unspecified atom stereocenters. The lowest BCUT2D eigenvalue weighted by Crippen LogP contribution is -2.19. The first-order valence-corrected chi connectivity index (χ1v) is 12.6. The molecule has 4 rings (SSSR count). The number of rotatable bonds is 11. The molecule has 4 aromatic rings. The molecule has 2 N–H and O–H groups in total. The first kappa shape index (κ1) is 26.3. The van der Waals surface area contributed by atoms with Crippen LogP contribution in [0, 0.1) is 0 Å². The summed E-state index contributed by atoms with van der Waals surface area (Å²) in [6.45, 7) is 3.71. The zero-order valence-corrected chi connectivity index (χ0v) is 21.6. The monoisotopic (exact) mass is 539 g/mol. The van der Waals surface area contributed by atoms with E-state index in [1.165, 1.54) is 45.6 Å². The molecule has 0 saturated heterocycles. The lowest BCUT2D eigenvalue weighted by Gasteiger charge is -2.13. The number of amides is 1. The van der Waals surface area contributed by atoms with Crippen LogP contribution in [0.1, 0.15) is 5.56 Å². The largest absolute Gasteiger partial charge is 0.496 e. The highest BCUT2D eigenvalue weighted by Crippen LogP contribution is 2.36. The molecule has 13 heteroatoms. The molecule has 0 saturated carbocycles. The van der Waals surface area contributed by atoms with Crippen LogP contribution in [0.25, 0.3) is 17.0 Å². The van der Waals surface area contributed by atoms with E-state index in [9.17, 15) is 13.2 Å². The van der Waals surface area contributed by atoms with E-state index in [0.717, 1.165) is 5.56 Å². The van der Waals surface area contributed by atoms with Gasteiger partial charge in [-0.05, 0) is 36.4 Å². The fraction of sp³-hybridized carbons (Fsp3) is 0.160. The number of carbonyl (C=O) groups excluding carboxylic acids is 1. The Morgan fingerprint density at radius 3 is 2.45 bits per heavy atom. The summed E-state index contributed by atoms with van der Waals surface area (Å²) in [7, 11) is 0.0759. The van der Waals surface area contributed by atoms with Crippen molar-refractivity contribution in [2.75, 3.05) is 26.1 Å². The molecule has 0 aliphatic rings. The van der Waals surface area contributed by atoms with E-state index < -0.39 is 10.0 Å². The Bertz CT molecular complexity index is 1550. The Morgan fingerprint density at radius 1 is 1.08 bits per heavy atom. The van der Waals surface area contributed by atoms with Crippen molar-refractivity contribution in [1.29, 1.82) is 0 Å². The van der Waals surface area contributed by atoms with Crippen LogP contribution in [0.15, 0.2) is 76.9 Å². The number of anilines is 1. The van der Waals surface area contributed by atoms with Gasteiger partial charge in [0, 0.05) is 24.4 Å². The fourth-order valence-corrected chi connectivity index (χ4v) is 4.91. The predicted molar refractivity (Wildman–Crippen MR) is 138 cm³/mol. The van der Waals surface area contributed by atoms with Gasteiger partial charge in [-0.25, -0.2) is 13.1 Å². The third-order valence-corrected chi connectivity index (χ3v) is 6.82. The van der Waals surface area contributed by atoms with E-state index in [1.807, 2.05) is 0 Å². The first-order valence-electron chi connectivity index (χ1n) is 11.1. The summed E-state index contributed by atoms with van der Waals surface area (Å²) in [5.41, 5.74) is 1.95. The molecule has 2 aromatic heterocycles. The van der Waals surface area contributed by atoms with Gasteiger partial charge in [-0.15, -0.1) is 0 Å². The standard InChI is InChI=1S/C25H25N5O7S/c1-5-24(31)26-13-16-14-27-30(15-16)17-9-10-19(34-2)18(11-17)22-12-23(28-37-22)29-38(32,33)25-20(35-3)7-6-8-21(25)36-4/h5-12,14-15H,1,13H2,2-4H3,(H,26,31)(H,28,29). The average Bonchev–Trinajstić information content (AvgIpc) is 3.60. The molecule has 2 aromatic carbocycles. The topological polar surface area (TPSA) is 147 Å².